The normalized spacial score (nSPS) is 17.2. The minimum Gasteiger partial charge on any atom is -0.368 e. The van der Waals surface area contributed by atoms with Crippen LogP contribution in [0.4, 0.5) is 23.1 Å². The number of aryl methyl sites for hydroxylation is 1. The van der Waals surface area contributed by atoms with E-state index in [0.29, 0.717) is 30.0 Å². The summed E-state index contributed by atoms with van der Waals surface area (Å²) in [6.07, 6.45) is -2.49. The van der Waals surface area contributed by atoms with E-state index < -0.39 is 30.0 Å². The molecule has 0 radical (unpaired) electrons. The maximum atomic E-state index is 12.8. The number of amides is 3. The SMILES string of the molecule is Cc1nc(NC(=O)N2CCCC2C(N)=O)sc1-c1ccnc(C(F)(F)F)n1. The number of carbonyl (C=O) groups is 2. The number of rotatable bonds is 3. The first kappa shape index (κ1) is 19.0. The van der Waals surface area contributed by atoms with Crippen LogP contribution < -0.4 is 11.1 Å². The van der Waals surface area contributed by atoms with Gasteiger partial charge in [0.15, 0.2) is 5.13 Å². The van der Waals surface area contributed by atoms with Gasteiger partial charge < -0.3 is 10.6 Å². The highest BCUT2D eigenvalue weighted by Gasteiger charge is 2.35. The van der Waals surface area contributed by atoms with Crippen LogP contribution in [0.15, 0.2) is 12.3 Å². The quantitative estimate of drug-likeness (QED) is 0.821. The zero-order chi connectivity index (χ0) is 19.8. The molecule has 1 atom stereocenters. The van der Waals surface area contributed by atoms with Crippen LogP contribution in [0.25, 0.3) is 10.6 Å². The van der Waals surface area contributed by atoms with Gasteiger partial charge in [-0.3, -0.25) is 10.1 Å². The van der Waals surface area contributed by atoms with Crippen LogP contribution in [0, 0.1) is 6.92 Å². The van der Waals surface area contributed by atoms with Crippen molar-refractivity contribution in [2.45, 2.75) is 32.0 Å². The zero-order valence-electron chi connectivity index (χ0n) is 14.1. The summed E-state index contributed by atoms with van der Waals surface area (Å²) in [5, 5.41) is 2.76. The van der Waals surface area contributed by atoms with Crippen LogP contribution in [0.5, 0.6) is 0 Å². The Kier molecular flexibility index (Phi) is 5.00. The van der Waals surface area contributed by atoms with E-state index in [-0.39, 0.29) is 10.8 Å². The van der Waals surface area contributed by atoms with E-state index in [1.165, 1.54) is 11.0 Å². The number of hydrogen-bond donors (Lipinski definition) is 2. The molecule has 0 saturated carbocycles. The summed E-state index contributed by atoms with van der Waals surface area (Å²) >= 11 is 0.985. The molecule has 3 amide bonds. The van der Waals surface area contributed by atoms with E-state index in [1.54, 1.807) is 6.92 Å². The summed E-state index contributed by atoms with van der Waals surface area (Å²) in [5.74, 6) is -1.83. The number of alkyl halides is 3. The Morgan fingerprint density at radius 2 is 2.11 bits per heavy atom. The van der Waals surface area contributed by atoms with Crippen LogP contribution in [0.1, 0.15) is 24.4 Å². The molecule has 12 heteroatoms. The van der Waals surface area contributed by atoms with Gasteiger partial charge in [-0.15, -0.1) is 0 Å². The Balaban J connectivity index is 1.81. The monoisotopic (exact) mass is 400 g/mol. The van der Waals surface area contributed by atoms with Gasteiger partial charge >= 0.3 is 12.2 Å². The Hall–Kier alpha value is -2.76. The molecule has 1 aliphatic heterocycles. The fraction of sp³-hybridized carbons (Fsp3) is 0.400. The van der Waals surface area contributed by atoms with Crippen LogP contribution >= 0.6 is 11.3 Å². The molecule has 1 fully saturated rings. The maximum absolute atomic E-state index is 12.8. The lowest BCUT2D eigenvalue weighted by molar-refractivity contribution is -0.144. The van der Waals surface area contributed by atoms with Crippen molar-refractivity contribution in [1.29, 1.82) is 0 Å². The molecule has 1 unspecified atom stereocenters. The summed E-state index contributed by atoms with van der Waals surface area (Å²) in [4.78, 5) is 36.4. The Morgan fingerprint density at radius 1 is 1.37 bits per heavy atom. The van der Waals surface area contributed by atoms with E-state index in [0.717, 1.165) is 17.5 Å². The first-order valence-corrected chi connectivity index (χ1v) is 8.73. The number of aromatic nitrogens is 3. The third-order valence-electron chi connectivity index (χ3n) is 3.99. The van der Waals surface area contributed by atoms with E-state index in [2.05, 4.69) is 20.3 Å². The molecule has 3 N–H and O–H groups in total. The summed E-state index contributed by atoms with van der Waals surface area (Å²) in [6.45, 7) is 1.98. The molecule has 2 aromatic heterocycles. The van der Waals surface area contributed by atoms with E-state index in [4.69, 9.17) is 5.73 Å². The number of nitrogens with two attached hydrogens (primary N) is 1. The van der Waals surface area contributed by atoms with Crippen molar-refractivity contribution < 1.29 is 22.8 Å². The second-order valence-corrected chi connectivity index (χ2v) is 6.88. The van der Waals surface area contributed by atoms with Crippen LogP contribution in [-0.4, -0.2) is 44.4 Å². The molecule has 1 aliphatic rings. The molecule has 144 valence electrons. The van der Waals surface area contributed by atoms with Gasteiger partial charge in [-0.2, -0.15) is 13.2 Å². The molecule has 0 aliphatic carbocycles. The van der Waals surface area contributed by atoms with Gasteiger partial charge in [-0.1, -0.05) is 11.3 Å². The fourth-order valence-corrected chi connectivity index (χ4v) is 3.70. The number of nitrogens with zero attached hydrogens (tertiary/aromatic N) is 4. The van der Waals surface area contributed by atoms with Crippen LogP contribution in [0.3, 0.4) is 0 Å². The third-order valence-corrected chi connectivity index (χ3v) is 5.09. The fourth-order valence-electron chi connectivity index (χ4n) is 2.78. The average Bonchev–Trinajstić information content (AvgIpc) is 3.21. The Labute approximate surface area is 155 Å². The topological polar surface area (TPSA) is 114 Å². The highest BCUT2D eigenvalue weighted by atomic mass is 32.1. The maximum Gasteiger partial charge on any atom is 0.451 e. The van der Waals surface area contributed by atoms with Crippen molar-refractivity contribution in [2.24, 2.45) is 5.73 Å². The largest absolute Gasteiger partial charge is 0.451 e. The average molecular weight is 400 g/mol. The van der Waals surface area contributed by atoms with Crippen LogP contribution in [-0.2, 0) is 11.0 Å². The molecule has 0 bridgehead atoms. The van der Waals surface area contributed by atoms with Crippen molar-refractivity contribution >= 4 is 28.4 Å². The number of anilines is 1. The van der Waals surface area contributed by atoms with Crippen molar-refractivity contribution in [3.05, 3.63) is 23.8 Å². The number of nitrogens with one attached hydrogen (secondary N) is 1. The van der Waals surface area contributed by atoms with Gasteiger partial charge in [0.1, 0.15) is 6.04 Å². The smallest absolute Gasteiger partial charge is 0.368 e. The van der Waals surface area contributed by atoms with Crippen molar-refractivity contribution in [2.75, 3.05) is 11.9 Å². The number of carbonyl (C=O) groups excluding carboxylic acids is 2. The van der Waals surface area contributed by atoms with Crippen molar-refractivity contribution in [1.82, 2.24) is 19.9 Å². The lowest BCUT2D eigenvalue weighted by Crippen LogP contribution is -2.45. The number of urea groups is 1. The Morgan fingerprint density at radius 3 is 2.78 bits per heavy atom. The standard InChI is InChI=1S/C15H15F3N6O2S/c1-7-10(8-4-5-20-12(22-8)15(16,17)18)27-13(21-7)23-14(26)24-6-2-3-9(24)11(19)25/h4-5,9H,2-3,6H2,1H3,(H2,19,25)(H,21,23,26). The lowest BCUT2D eigenvalue weighted by atomic mass is 10.2. The number of hydrogen-bond acceptors (Lipinski definition) is 6. The van der Waals surface area contributed by atoms with Crippen molar-refractivity contribution in [3.8, 4) is 10.6 Å². The first-order chi connectivity index (χ1) is 12.7. The van der Waals surface area contributed by atoms with E-state index in [1.807, 2.05) is 0 Å². The number of primary amides is 1. The highest BCUT2D eigenvalue weighted by Crippen LogP contribution is 2.34. The summed E-state index contributed by atoms with van der Waals surface area (Å²) in [6, 6.07) is 0.127. The minimum atomic E-state index is -4.66. The van der Waals surface area contributed by atoms with E-state index >= 15 is 0 Å². The minimum absolute atomic E-state index is 0.0593. The predicted octanol–water partition coefficient (Wildman–Crippen LogP) is 2.41. The van der Waals surface area contributed by atoms with Gasteiger partial charge in [0.2, 0.25) is 11.7 Å². The number of thiazole rings is 1. The molecule has 27 heavy (non-hydrogen) atoms. The highest BCUT2D eigenvalue weighted by molar-refractivity contribution is 7.19. The molecule has 2 aromatic rings. The van der Waals surface area contributed by atoms with Gasteiger partial charge in [-0.05, 0) is 25.8 Å². The van der Waals surface area contributed by atoms with Crippen LogP contribution in [0.2, 0.25) is 0 Å². The van der Waals surface area contributed by atoms with Gasteiger partial charge in [0.25, 0.3) is 0 Å². The second kappa shape index (κ2) is 7.10. The molecule has 8 nitrogen and oxygen atoms in total. The van der Waals surface area contributed by atoms with Crippen molar-refractivity contribution in [3.63, 3.8) is 0 Å². The van der Waals surface area contributed by atoms with Gasteiger partial charge in [0.05, 0.1) is 16.3 Å². The number of likely N-dealkylation sites (tertiary alicyclic amines) is 1. The molecule has 3 heterocycles. The summed E-state index contributed by atoms with van der Waals surface area (Å²) < 4.78 is 38.4. The lowest BCUT2D eigenvalue weighted by Gasteiger charge is -2.21. The predicted molar refractivity (Wildman–Crippen MR) is 90.8 cm³/mol. The second-order valence-electron chi connectivity index (χ2n) is 5.88. The molecule has 0 spiro atoms. The molecule has 0 aromatic carbocycles. The van der Waals surface area contributed by atoms with Gasteiger partial charge in [0, 0.05) is 12.7 Å². The molecule has 3 rings (SSSR count). The Bertz CT molecular complexity index is 885. The molecular formula is C15H15F3N6O2S. The third kappa shape index (κ3) is 3.99. The first-order valence-electron chi connectivity index (χ1n) is 7.92. The number of halogens is 3. The van der Waals surface area contributed by atoms with Gasteiger partial charge in [-0.25, -0.2) is 19.7 Å². The summed E-state index contributed by atoms with van der Waals surface area (Å²) in [7, 11) is 0. The molecular weight excluding hydrogens is 385 g/mol. The van der Waals surface area contributed by atoms with E-state index in [9.17, 15) is 22.8 Å². The zero-order valence-corrected chi connectivity index (χ0v) is 14.9. The molecule has 1 saturated heterocycles. The summed E-state index contributed by atoms with van der Waals surface area (Å²) in [5.41, 5.74) is 5.76.